The Hall–Kier alpha value is -3.91. The maximum absolute atomic E-state index is 5.89. The Morgan fingerprint density at radius 1 is 0.971 bits per heavy atom. The van der Waals surface area contributed by atoms with E-state index in [4.69, 9.17) is 21.7 Å². The minimum atomic E-state index is -0.131. The molecule has 1 N–H and O–H groups in total. The topological polar surface area (TPSA) is 64.4 Å². The van der Waals surface area contributed by atoms with E-state index in [9.17, 15) is 0 Å². The molecular weight excluding hydrogens is 458 g/mol. The fourth-order valence-corrected chi connectivity index (χ4v) is 5.36. The van der Waals surface area contributed by atoms with Crippen LogP contribution in [0, 0.1) is 20.8 Å². The normalized spacial score (nSPS) is 18.7. The van der Waals surface area contributed by atoms with Crippen LogP contribution in [0.2, 0.25) is 0 Å². The van der Waals surface area contributed by atoms with Crippen LogP contribution in [-0.4, -0.2) is 26.4 Å². The third-order valence-corrected chi connectivity index (χ3v) is 6.96. The highest BCUT2D eigenvalue weighted by molar-refractivity contribution is 7.80. The van der Waals surface area contributed by atoms with Gasteiger partial charge in [0, 0.05) is 35.5 Å². The number of fused-ring (bicyclic) bond motifs is 1. The van der Waals surface area contributed by atoms with Gasteiger partial charge in [-0.25, -0.2) is 4.98 Å². The van der Waals surface area contributed by atoms with E-state index >= 15 is 0 Å². The van der Waals surface area contributed by atoms with Crippen LogP contribution in [0.1, 0.15) is 40.3 Å². The Morgan fingerprint density at radius 2 is 1.83 bits per heavy atom. The van der Waals surface area contributed by atoms with Crippen LogP contribution >= 0.6 is 12.2 Å². The first-order chi connectivity index (χ1) is 17.0. The van der Waals surface area contributed by atoms with Crippen molar-refractivity contribution in [2.24, 2.45) is 0 Å². The summed E-state index contributed by atoms with van der Waals surface area (Å²) in [6.07, 6.45) is 3.72. The molecule has 8 heteroatoms. The zero-order valence-electron chi connectivity index (χ0n) is 19.7. The lowest BCUT2D eigenvalue weighted by Gasteiger charge is -2.28. The Balaban J connectivity index is 1.51. The van der Waals surface area contributed by atoms with Gasteiger partial charge in [-0.05, 0) is 80.5 Å². The van der Waals surface area contributed by atoms with Crippen molar-refractivity contribution in [1.29, 1.82) is 0 Å². The summed E-state index contributed by atoms with van der Waals surface area (Å²) in [6.45, 7) is 6.52. The predicted octanol–water partition coefficient (Wildman–Crippen LogP) is 5.10. The molecular formula is C27H25N5O2S. The van der Waals surface area contributed by atoms with Crippen LogP contribution in [-0.2, 0) is 0 Å². The molecule has 3 aromatic heterocycles. The van der Waals surface area contributed by atoms with Crippen molar-refractivity contribution < 1.29 is 9.47 Å². The number of nitrogens with zero attached hydrogens (tertiary/aromatic N) is 4. The Morgan fingerprint density at radius 3 is 2.60 bits per heavy atom. The molecule has 6 rings (SSSR count). The van der Waals surface area contributed by atoms with Gasteiger partial charge in [0.25, 0.3) is 0 Å². The van der Waals surface area contributed by atoms with Crippen molar-refractivity contribution in [2.75, 3.05) is 11.7 Å². The molecule has 4 aromatic rings. The van der Waals surface area contributed by atoms with Crippen LogP contribution in [0.25, 0.3) is 5.82 Å². The monoisotopic (exact) mass is 483 g/mol. The van der Waals surface area contributed by atoms with Crippen LogP contribution in [0.4, 0.5) is 5.69 Å². The van der Waals surface area contributed by atoms with Crippen molar-refractivity contribution in [2.45, 2.75) is 32.9 Å². The van der Waals surface area contributed by atoms with Gasteiger partial charge in [-0.15, -0.1) is 0 Å². The third-order valence-electron chi connectivity index (χ3n) is 6.65. The molecule has 0 unspecified atom stereocenters. The molecule has 2 aliphatic heterocycles. The standard InChI is InChI=1S/C27H25N5O2S/c1-16-7-10-24(29-14-16)31-17(2)12-20(18(31)3)26-25(21-6-4-5-11-28-21)30-27(35)32(26)19-8-9-22-23(13-19)34-15-33-22/h4-14,25-26H,15H2,1-3H3,(H,30,35)/t25-,26+/m0/s1. The minimum Gasteiger partial charge on any atom is -0.454 e. The van der Waals surface area contributed by atoms with Gasteiger partial charge in [-0.1, -0.05) is 12.1 Å². The third kappa shape index (κ3) is 3.61. The van der Waals surface area contributed by atoms with Gasteiger partial charge < -0.3 is 24.3 Å². The predicted molar refractivity (Wildman–Crippen MR) is 138 cm³/mol. The number of aryl methyl sites for hydroxylation is 2. The molecule has 0 saturated carbocycles. The van der Waals surface area contributed by atoms with Gasteiger partial charge in [-0.2, -0.15) is 0 Å². The average Bonchev–Trinajstić information content (AvgIpc) is 3.55. The zero-order valence-corrected chi connectivity index (χ0v) is 20.5. The smallest absolute Gasteiger partial charge is 0.231 e. The summed E-state index contributed by atoms with van der Waals surface area (Å²) in [5, 5.41) is 4.18. The molecule has 0 aliphatic carbocycles. The number of hydrogen-bond donors (Lipinski definition) is 1. The highest BCUT2D eigenvalue weighted by Crippen LogP contribution is 2.45. The lowest BCUT2D eigenvalue weighted by atomic mass is 9.96. The molecule has 1 aromatic carbocycles. The Bertz CT molecular complexity index is 1420. The van der Waals surface area contributed by atoms with Gasteiger partial charge in [0.1, 0.15) is 5.82 Å². The SMILES string of the molecule is Cc1ccc(-n2c(C)cc([C@@H]3[C@H](c4ccccn4)NC(=S)N3c3ccc4c(c3)OCO4)c2C)nc1. The second-order valence-corrected chi connectivity index (χ2v) is 9.28. The van der Waals surface area contributed by atoms with Gasteiger partial charge >= 0.3 is 0 Å². The molecule has 1 saturated heterocycles. The van der Waals surface area contributed by atoms with Crippen molar-refractivity contribution in [3.63, 3.8) is 0 Å². The van der Waals surface area contributed by atoms with E-state index in [-0.39, 0.29) is 18.9 Å². The maximum atomic E-state index is 5.89. The second kappa shape index (κ2) is 8.39. The number of thiocarbonyl (C=S) groups is 1. The molecule has 0 amide bonds. The number of hydrogen-bond acceptors (Lipinski definition) is 5. The maximum Gasteiger partial charge on any atom is 0.231 e. The van der Waals surface area contributed by atoms with E-state index in [1.165, 1.54) is 0 Å². The number of anilines is 1. The molecule has 0 radical (unpaired) electrons. The van der Waals surface area contributed by atoms with E-state index in [1.807, 2.05) is 55.7 Å². The number of rotatable bonds is 4. The van der Waals surface area contributed by atoms with Crippen molar-refractivity contribution >= 4 is 23.0 Å². The van der Waals surface area contributed by atoms with Crippen LogP contribution in [0.15, 0.2) is 67.0 Å². The summed E-state index contributed by atoms with van der Waals surface area (Å²) in [4.78, 5) is 11.5. The van der Waals surface area contributed by atoms with Crippen molar-refractivity contribution in [3.8, 4) is 17.3 Å². The molecule has 0 bridgehead atoms. The first-order valence-corrected chi connectivity index (χ1v) is 11.9. The summed E-state index contributed by atoms with van der Waals surface area (Å²) < 4.78 is 13.4. The van der Waals surface area contributed by atoms with E-state index in [0.29, 0.717) is 5.11 Å². The summed E-state index contributed by atoms with van der Waals surface area (Å²) in [7, 11) is 0. The zero-order chi connectivity index (χ0) is 24.1. The Labute approximate surface area is 209 Å². The lowest BCUT2D eigenvalue weighted by molar-refractivity contribution is 0.174. The van der Waals surface area contributed by atoms with Gasteiger partial charge in [-0.3, -0.25) is 4.98 Å². The quantitative estimate of drug-likeness (QED) is 0.405. The molecule has 2 atom stereocenters. The summed E-state index contributed by atoms with van der Waals surface area (Å²) in [5.41, 5.74) is 6.38. The Kier molecular flexibility index (Phi) is 5.18. The number of nitrogens with one attached hydrogen (secondary N) is 1. The van der Waals surface area contributed by atoms with Crippen LogP contribution in [0.3, 0.4) is 0 Å². The van der Waals surface area contributed by atoms with Crippen molar-refractivity contribution in [3.05, 3.63) is 95.2 Å². The van der Waals surface area contributed by atoms with E-state index < -0.39 is 0 Å². The first kappa shape index (κ1) is 21.6. The number of pyridine rings is 2. The summed E-state index contributed by atoms with van der Waals surface area (Å²) >= 11 is 5.89. The number of aromatic nitrogens is 3. The van der Waals surface area contributed by atoms with Gasteiger partial charge in [0.05, 0.1) is 17.8 Å². The first-order valence-electron chi connectivity index (χ1n) is 11.5. The lowest BCUT2D eigenvalue weighted by Crippen LogP contribution is -2.29. The molecule has 5 heterocycles. The number of ether oxygens (including phenoxy) is 2. The average molecular weight is 484 g/mol. The molecule has 176 valence electrons. The minimum absolute atomic E-state index is 0.122. The molecule has 2 aliphatic rings. The molecule has 7 nitrogen and oxygen atoms in total. The van der Waals surface area contributed by atoms with Crippen LogP contribution in [0.5, 0.6) is 11.5 Å². The summed E-state index contributed by atoms with van der Waals surface area (Å²) in [6, 6.07) is 18.0. The second-order valence-electron chi connectivity index (χ2n) is 8.89. The van der Waals surface area contributed by atoms with E-state index in [0.717, 1.165) is 51.2 Å². The van der Waals surface area contributed by atoms with E-state index in [1.54, 1.807) is 0 Å². The fourth-order valence-electron chi connectivity index (χ4n) is 5.02. The highest BCUT2D eigenvalue weighted by Gasteiger charge is 2.42. The van der Waals surface area contributed by atoms with Gasteiger partial charge in [0.2, 0.25) is 6.79 Å². The number of benzene rings is 1. The van der Waals surface area contributed by atoms with Crippen molar-refractivity contribution in [1.82, 2.24) is 19.9 Å². The fraction of sp³-hybridized carbons (Fsp3) is 0.222. The van der Waals surface area contributed by atoms with Gasteiger partial charge in [0.15, 0.2) is 16.6 Å². The largest absolute Gasteiger partial charge is 0.454 e. The molecule has 35 heavy (non-hydrogen) atoms. The molecule has 0 spiro atoms. The van der Waals surface area contributed by atoms with Crippen LogP contribution < -0.4 is 19.7 Å². The highest BCUT2D eigenvalue weighted by atomic mass is 32.1. The molecule has 1 fully saturated rings. The summed E-state index contributed by atoms with van der Waals surface area (Å²) in [5.74, 6) is 2.36. The van der Waals surface area contributed by atoms with E-state index in [2.05, 4.69) is 56.8 Å².